The van der Waals surface area contributed by atoms with Crippen molar-refractivity contribution in [3.63, 3.8) is 0 Å². The summed E-state index contributed by atoms with van der Waals surface area (Å²) in [5.74, 6) is 0.684. The van der Waals surface area contributed by atoms with Gasteiger partial charge in [0.2, 0.25) is 0 Å². The first-order valence-corrected chi connectivity index (χ1v) is 4.61. The van der Waals surface area contributed by atoms with E-state index in [-0.39, 0.29) is 6.03 Å². The predicted octanol–water partition coefficient (Wildman–Crippen LogP) is 0.835. The van der Waals surface area contributed by atoms with E-state index in [2.05, 4.69) is 16.0 Å². The van der Waals surface area contributed by atoms with Gasteiger partial charge >= 0.3 is 6.03 Å². The summed E-state index contributed by atoms with van der Waals surface area (Å²) in [6.07, 6.45) is 1.86. The summed E-state index contributed by atoms with van der Waals surface area (Å²) in [4.78, 5) is 11.0. The van der Waals surface area contributed by atoms with Gasteiger partial charge < -0.3 is 16.4 Å². The fraction of sp³-hybridized carbons (Fsp3) is 0.100. The Labute approximate surface area is 87.3 Å². The highest BCUT2D eigenvalue weighted by Crippen LogP contribution is 2.12. The quantitative estimate of drug-likeness (QED) is 0.539. The lowest BCUT2D eigenvalue weighted by Crippen LogP contribution is -2.41. The summed E-state index contributed by atoms with van der Waals surface area (Å²) >= 11 is 0. The molecule has 0 bridgehead atoms. The molecule has 15 heavy (non-hydrogen) atoms. The standard InChI is InChI=1S/C10H12N4O/c11-7-1-3-8(4-2-7)13-9-5-6-12-10(15)14-9/h1-5,13H,6,11H2,(H2,12,14,15). The van der Waals surface area contributed by atoms with Gasteiger partial charge in [0.1, 0.15) is 5.82 Å². The van der Waals surface area contributed by atoms with Crippen molar-refractivity contribution >= 4 is 17.4 Å². The maximum Gasteiger partial charge on any atom is 0.320 e. The van der Waals surface area contributed by atoms with Gasteiger partial charge in [0, 0.05) is 17.9 Å². The average molecular weight is 204 g/mol. The number of anilines is 2. The van der Waals surface area contributed by atoms with E-state index in [1.165, 1.54) is 0 Å². The zero-order chi connectivity index (χ0) is 10.7. The molecule has 0 saturated carbocycles. The number of nitrogen functional groups attached to an aromatic ring is 1. The third-order valence-corrected chi connectivity index (χ3v) is 2.01. The molecule has 1 aromatic rings. The molecule has 0 atom stereocenters. The number of urea groups is 1. The Morgan fingerprint density at radius 1 is 1.27 bits per heavy atom. The first kappa shape index (κ1) is 9.39. The molecule has 1 heterocycles. The van der Waals surface area contributed by atoms with E-state index in [1.807, 2.05) is 18.2 Å². The summed E-state index contributed by atoms with van der Waals surface area (Å²) in [7, 11) is 0. The third kappa shape index (κ3) is 2.40. The molecule has 5 heteroatoms. The minimum atomic E-state index is -0.199. The highest BCUT2D eigenvalue weighted by atomic mass is 16.2. The molecule has 0 fully saturated rings. The number of nitrogens with two attached hydrogens (primary N) is 1. The summed E-state index contributed by atoms with van der Waals surface area (Å²) in [5, 5.41) is 8.34. The predicted molar refractivity (Wildman–Crippen MR) is 59.1 cm³/mol. The van der Waals surface area contributed by atoms with Gasteiger partial charge in [0.15, 0.2) is 0 Å². The number of hydrogen-bond acceptors (Lipinski definition) is 3. The number of carbonyl (C=O) groups excluding carboxylic acids is 1. The highest BCUT2D eigenvalue weighted by Gasteiger charge is 2.08. The molecule has 5 N–H and O–H groups in total. The van der Waals surface area contributed by atoms with Crippen molar-refractivity contribution < 1.29 is 4.79 Å². The van der Waals surface area contributed by atoms with E-state index in [0.29, 0.717) is 18.1 Å². The van der Waals surface area contributed by atoms with E-state index < -0.39 is 0 Å². The molecule has 0 spiro atoms. The molecule has 0 radical (unpaired) electrons. The lowest BCUT2D eigenvalue weighted by molar-refractivity contribution is 0.243. The Bertz CT molecular complexity index is 396. The number of benzene rings is 1. The van der Waals surface area contributed by atoms with Crippen molar-refractivity contribution in [1.82, 2.24) is 10.6 Å². The van der Waals surface area contributed by atoms with Crippen molar-refractivity contribution in [2.45, 2.75) is 0 Å². The maximum atomic E-state index is 11.0. The molecule has 1 aliphatic rings. The first-order chi connectivity index (χ1) is 7.24. The number of carbonyl (C=O) groups is 1. The van der Waals surface area contributed by atoms with E-state index in [4.69, 9.17) is 5.73 Å². The number of nitrogens with one attached hydrogen (secondary N) is 3. The van der Waals surface area contributed by atoms with Gasteiger partial charge in [-0.2, -0.15) is 0 Å². The van der Waals surface area contributed by atoms with E-state index in [1.54, 1.807) is 12.1 Å². The molecule has 1 aliphatic heterocycles. The molecule has 78 valence electrons. The first-order valence-electron chi connectivity index (χ1n) is 4.61. The fourth-order valence-electron chi connectivity index (χ4n) is 1.27. The molecule has 0 aromatic heterocycles. The van der Waals surface area contributed by atoms with Gasteiger partial charge in [-0.05, 0) is 30.3 Å². The lowest BCUT2D eigenvalue weighted by atomic mass is 10.3. The van der Waals surface area contributed by atoms with Gasteiger partial charge in [-0.25, -0.2) is 4.79 Å². The number of hydrogen-bond donors (Lipinski definition) is 4. The van der Waals surface area contributed by atoms with Crippen LogP contribution in [0, 0.1) is 0 Å². The SMILES string of the molecule is Nc1ccc(NC2=CCNC(=O)N2)cc1. The highest BCUT2D eigenvalue weighted by molar-refractivity contribution is 5.78. The summed E-state index contributed by atoms with van der Waals surface area (Å²) in [6.45, 7) is 0.531. The van der Waals surface area contributed by atoms with E-state index in [0.717, 1.165) is 5.69 Å². The van der Waals surface area contributed by atoms with Crippen LogP contribution in [-0.4, -0.2) is 12.6 Å². The second kappa shape index (κ2) is 3.91. The molecular formula is C10H12N4O. The zero-order valence-electron chi connectivity index (χ0n) is 8.08. The molecule has 2 amide bonds. The molecule has 0 saturated heterocycles. The second-order valence-corrected chi connectivity index (χ2v) is 3.20. The van der Waals surface area contributed by atoms with Crippen LogP contribution < -0.4 is 21.7 Å². The normalized spacial score (nSPS) is 14.9. The smallest absolute Gasteiger partial charge is 0.320 e. The van der Waals surface area contributed by atoms with E-state index in [9.17, 15) is 4.79 Å². The molecule has 0 aliphatic carbocycles. The van der Waals surface area contributed by atoms with Gasteiger partial charge in [-0.1, -0.05) is 0 Å². The van der Waals surface area contributed by atoms with Gasteiger partial charge in [-0.15, -0.1) is 0 Å². The van der Waals surface area contributed by atoms with Crippen LogP contribution in [0.15, 0.2) is 36.2 Å². The maximum absolute atomic E-state index is 11.0. The summed E-state index contributed by atoms with van der Waals surface area (Å²) in [5.41, 5.74) is 7.16. The minimum absolute atomic E-state index is 0.199. The van der Waals surface area contributed by atoms with E-state index >= 15 is 0 Å². The zero-order valence-corrected chi connectivity index (χ0v) is 8.08. The Morgan fingerprint density at radius 3 is 2.67 bits per heavy atom. The molecule has 2 rings (SSSR count). The van der Waals surface area contributed by atoms with Crippen molar-refractivity contribution in [3.05, 3.63) is 36.2 Å². The Morgan fingerprint density at radius 2 is 2.00 bits per heavy atom. The topological polar surface area (TPSA) is 79.2 Å². The number of rotatable bonds is 2. The van der Waals surface area contributed by atoms with Crippen LogP contribution in [0.3, 0.4) is 0 Å². The van der Waals surface area contributed by atoms with Crippen LogP contribution in [0.4, 0.5) is 16.2 Å². The minimum Gasteiger partial charge on any atom is -0.399 e. The third-order valence-electron chi connectivity index (χ3n) is 2.01. The molecular weight excluding hydrogens is 192 g/mol. The Kier molecular flexibility index (Phi) is 2.45. The van der Waals surface area contributed by atoms with Crippen molar-refractivity contribution in [3.8, 4) is 0 Å². The fourth-order valence-corrected chi connectivity index (χ4v) is 1.27. The van der Waals surface area contributed by atoms with Crippen LogP contribution in [0.25, 0.3) is 0 Å². The van der Waals surface area contributed by atoms with Crippen molar-refractivity contribution in [1.29, 1.82) is 0 Å². The van der Waals surface area contributed by atoms with Gasteiger partial charge in [0.25, 0.3) is 0 Å². The Hall–Kier alpha value is -2.17. The molecule has 0 unspecified atom stereocenters. The molecule has 5 nitrogen and oxygen atoms in total. The summed E-state index contributed by atoms with van der Waals surface area (Å²) < 4.78 is 0. The van der Waals surface area contributed by atoms with Crippen molar-refractivity contribution in [2.24, 2.45) is 0 Å². The van der Waals surface area contributed by atoms with Crippen LogP contribution in [-0.2, 0) is 0 Å². The largest absolute Gasteiger partial charge is 0.399 e. The van der Waals surface area contributed by atoms with Crippen molar-refractivity contribution in [2.75, 3.05) is 17.6 Å². The van der Waals surface area contributed by atoms with Crippen LogP contribution in [0.1, 0.15) is 0 Å². The Balaban J connectivity index is 2.05. The number of amides is 2. The second-order valence-electron chi connectivity index (χ2n) is 3.20. The average Bonchev–Trinajstić information content (AvgIpc) is 2.22. The van der Waals surface area contributed by atoms with Crippen LogP contribution >= 0.6 is 0 Å². The monoisotopic (exact) mass is 204 g/mol. The van der Waals surface area contributed by atoms with Gasteiger partial charge in [0.05, 0.1) is 0 Å². The van der Waals surface area contributed by atoms with Gasteiger partial charge in [-0.3, -0.25) is 5.32 Å². The lowest BCUT2D eigenvalue weighted by Gasteiger charge is -2.17. The summed E-state index contributed by atoms with van der Waals surface area (Å²) in [6, 6.07) is 7.10. The molecule has 1 aromatic carbocycles. The van der Waals surface area contributed by atoms with Crippen LogP contribution in [0.5, 0.6) is 0 Å². The van der Waals surface area contributed by atoms with Crippen LogP contribution in [0.2, 0.25) is 0 Å².